The first-order valence-corrected chi connectivity index (χ1v) is 10.3. The van der Waals surface area contributed by atoms with Crippen LogP contribution in [0.4, 0.5) is 5.69 Å². The highest BCUT2D eigenvalue weighted by atomic mass is 16.2. The number of carbonyl (C=O) groups is 1. The van der Waals surface area contributed by atoms with Crippen molar-refractivity contribution in [2.24, 2.45) is 0 Å². The number of rotatable bonds is 6. The van der Waals surface area contributed by atoms with Gasteiger partial charge in [0.25, 0.3) is 0 Å². The maximum absolute atomic E-state index is 13.3. The van der Waals surface area contributed by atoms with Crippen LogP contribution < -0.4 is 10.6 Å². The number of carbonyl (C=O) groups excluding carboxylic acids is 1. The van der Waals surface area contributed by atoms with E-state index in [2.05, 4.69) is 24.8 Å². The van der Waals surface area contributed by atoms with Crippen molar-refractivity contribution in [1.29, 1.82) is 0 Å². The molecule has 1 aliphatic rings. The Hall–Kier alpha value is -2.86. The number of nitrogens with zero attached hydrogens (tertiary/aromatic N) is 4. The monoisotopic (exact) mass is 392 g/mol. The zero-order valence-corrected chi connectivity index (χ0v) is 17.3. The van der Waals surface area contributed by atoms with Gasteiger partial charge in [0, 0.05) is 25.3 Å². The van der Waals surface area contributed by atoms with Crippen LogP contribution >= 0.6 is 0 Å². The molecule has 4 rings (SSSR count). The third-order valence-corrected chi connectivity index (χ3v) is 6.11. The van der Waals surface area contributed by atoms with E-state index in [4.69, 9.17) is 0 Å². The zero-order chi connectivity index (χ0) is 20.5. The molecule has 152 valence electrons. The molecule has 0 radical (unpaired) electrons. The third-order valence-electron chi connectivity index (χ3n) is 6.11. The summed E-state index contributed by atoms with van der Waals surface area (Å²) in [6.07, 6.45) is 0.931. The van der Waals surface area contributed by atoms with Crippen molar-refractivity contribution in [3.63, 3.8) is 0 Å². The van der Waals surface area contributed by atoms with E-state index in [1.807, 2.05) is 47.0 Å². The summed E-state index contributed by atoms with van der Waals surface area (Å²) in [6.45, 7) is 6.94. The van der Waals surface area contributed by atoms with Crippen molar-refractivity contribution < 1.29 is 4.79 Å². The van der Waals surface area contributed by atoms with E-state index in [1.165, 1.54) is 5.56 Å². The first-order valence-electron chi connectivity index (χ1n) is 10.3. The predicted octanol–water partition coefficient (Wildman–Crippen LogP) is 2.73. The van der Waals surface area contributed by atoms with E-state index < -0.39 is 0 Å². The summed E-state index contributed by atoms with van der Waals surface area (Å²) in [5, 5.41) is 0. The molecule has 0 saturated carbocycles. The standard InChI is InChI=1S/C23H28N4O2/c1-4-25(5-2)19-14-17-10-9-13-20-22(17)27(15-19)23(29)26(20)16-21(28)24(3)18-11-7-6-8-12-18/h6-13,19H,4-5,14-16H2,1-3H3. The molecule has 1 atom stereocenters. The molecule has 1 aromatic heterocycles. The summed E-state index contributed by atoms with van der Waals surface area (Å²) in [5.74, 6) is -0.109. The van der Waals surface area contributed by atoms with Crippen molar-refractivity contribution >= 4 is 22.6 Å². The maximum atomic E-state index is 13.3. The van der Waals surface area contributed by atoms with Gasteiger partial charge in [-0.1, -0.05) is 44.2 Å². The Morgan fingerprint density at radius 3 is 2.48 bits per heavy atom. The molecule has 6 heteroatoms. The summed E-state index contributed by atoms with van der Waals surface area (Å²) in [4.78, 5) is 30.2. The molecule has 2 aromatic carbocycles. The fraction of sp³-hybridized carbons (Fsp3) is 0.391. The van der Waals surface area contributed by atoms with Crippen LogP contribution in [0.5, 0.6) is 0 Å². The summed E-state index contributed by atoms with van der Waals surface area (Å²) in [5.41, 5.74) is 3.74. The molecule has 0 saturated heterocycles. The second-order valence-corrected chi connectivity index (χ2v) is 7.63. The molecule has 2 heterocycles. The highest BCUT2D eigenvalue weighted by Gasteiger charge is 2.28. The van der Waals surface area contributed by atoms with E-state index in [0.717, 1.165) is 36.2 Å². The Labute approximate surface area is 171 Å². The fourth-order valence-electron chi connectivity index (χ4n) is 4.49. The van der Waals surface area contributed by atoms with Gasteiger partial charge >= 0.3 is 5.69 Å². The lowest BCUT2D eigenvalue weighted by molar-refractivity contribution is -0.118. The smallest absolute Gasteiger partial charge is 0.314 e. The molecule has 0 aliphatic carbocycles. The highest BCUT2D eigenvalue weighted by Crippen LogP contribution is 2.26. The molecule has 3 aromatic rings. The molecular formula is C23H28N4O2. The Morgan fingerprint density at radius 1 is 1.07 bits per heavy atom. The van der Waals surface area contributed by atoms with Crippen LogP contribution in [0.25, 0.3) is 11.0 Å². The normalized spacial score (nSPS) is 15.8. The molecule has 0 N–H and O–H groups in total. The van der Waals surface area contributed by atoms with E-state index in [0.29, 0.717) is 12.6 Å². The van der Waals surface area contributed by atoms with Gasteiger partial charge in [0.05, 0.1) is 11.0 Å². The molecule has 0 bridgehead atoms. The summed E-state index contributed by atoms with van der Waals surface area (Å²) in [6, 6.07) is 15.9. The number of amides is 1. The van der Waals surface area contributed by atoms with Crippen molar-refractivity contribution in [2.75, 3.05) is 25.0 Å². The lowest BCUT2D eigenvalue weighted by Gasteiger charge is -2.33. The van der Waals surface area contributed by atoms with Gasteiger partial charge in [-0.25, -0.2) is 4.79 Å². The van der Waals surface area contributed by atoms with Gasteiger partial charge in [-0.3, -0.25) is 18.8 Å². The minimum atomic E-state index is -0.109. The average Bonchev–Trinajstić information content (AvgIpc) is 3.02. The second-order valence-electron chi connectivity index (χ2n) is 7.63. The van der Waals surface area contributed by atoms with Crippen LogP contribution in [-0.2, 0) is 24.3 Å². The number of hydrogen-bond donors (Lipinski definition) is 0. The Balaban J connectivity index is 1.70. The summed E-state index contributed by atoms with van der Waals surface area (Å²) < 4.78 is 3.50. The van der Waals surface area contributed by atoms with Crippen molar-refractivity contribution in [1.82, 2.24) is 14.0 Å². The number of likely N-dealkylation sites (N-methyl/N-ethyl adjacent to an activating group) is 2. The van der Waals surface area contributed by atoms with Gasteiger partial charge in [0.1, 0.15) is 6.54 Å². The first kappa shape index (κ1) is 19.5. The van der Waals surface area contributed by atoms with Crippen molar-refractivity contribution in [2.45, 2.75) is 39.4 Å². The van der Waals surface area contributed by atoms with Crippen molar-refractivity contribution in [3.05, 3.63) is 64.6 Å². The Bertz CT molecular complexity index is 1080. The minimum absolute atomic E-state index is 0.0348. The van der Waals surface area contributed by atoms with Crippen LogP contribution in [0.1, 0.15) is 19.4 Å². The van der Waals surface area contributed by atoms with Crippen LogP contribution in [0.15, 0.2) is 53.3 Å². The summed E-state index contributed by atoms with van der Waals surface area (Å²) in [7, 11) is 1.75. The van der Waals surface area contributed by atoms with Crippen LogP contribution in [0.3, 0.4) is 0 Å². The number of hydrogen-bond acceptors (Lipinski definition) is 3. The number of imidazole rings is 1. The number of para-hydroxylation sites is 2. The third kappa shape index (κ3) is 3.38. The molecule has 1 unspecified atom stereocenters. The van der Waals surface area contributed by atoms with Gasteiger partial charge in [0.2, 0.25) is 5.91 Å². The predicted molar refractivity (Wildman–Crippen MR) is 116 cm³/mol. The molecule has 1 aliphatic heterocycles. The molecule has 0 fully saturated rings. The SMILES string of the molecule is CCN(CC)C1Cc2cccc3c2n(c(=O)n3CC(=O)N(C)c2ccccc2)C1. The largest absolute Gasteiger partial charge is 0.329 e. The Morgan fingerprint density at radius 2 is 1.79 bits per heavy atom. The fourth-order valence-corrected chi connectivity index (χ4v) is 4.49. The number of benzene rings is 2. The lowest BCUT2D eigenvalue weighted by atomic mass is 9.99. The first-order chi connectivity index (χ1) is 14.0. The van der Waals surface area contributed by atoms with Crippen molar-refractivity contribution in [3.8, 4) is 0 Å². The molecular weight excluding hydrogens is 364 g/mol. The van der Waals surface area contributed by atoms with Crippen LogP contribution in [0.2, 0.25) is 0 Å². The van der Waals surface area contributed by atoms with Crippen LogP contribution in [-0.4, -0.2) is 46.1 Å². The van der Waals surface area contributed by atoms with Gasteiger partial charge in [-0.15, -0.1) is 0 Å². The van der Waals surface area contributed by atoms with E-state index in [1.54, 1.807) is 16.5 Å². The number of aromatic nitrogens is 2. The van der Waals surface area contributed by atoms with E-state index >= 15 is 0 Å². The van der Waals surface area contributed by atoms with Gasteiger partial charge in [-0.05, 0) is 43.3 Å². The lowest BCUT2D eigenvalue weighted by Crippen LogP contribution is -2.44. The second kappa shape index (κ2) is 7.87. The van der Waals surface area contributed by atoms with Crippen LogP contribution in [0, 0.1) is 0 Å². The number of anilines is 1. The van der Waals surface area contributed by atoms with Gasteiger partial charge in [0.15, 0.2) is 0 Å². The highest BCUT2D eigenvalue weighted by molar-refractivity contribution is 5.93. The molecule has 29 heavy (non-hydrogen) atoms. The average molecular weight is 393 g/mol. The zero-order valence-electron chi connectivity index (χ0n) is 17.3. The van der Waals surface area contributed by atoms with Gasteiger partial charge < -0.3 is 4.90 Å². The minimum Gasteiger partial charge on any atom is -0.314 e. The van der Waals surface area contributed by atoms with E-state index in [9.17, 15) is 9.59 Å². The van der Waals surface area contributed by atoms with Gasteiger partial charge in [-0.2, -0.15) is 0 Å². The maximum Gasteiger partial charge on any atom is 0.329 e. The molecule has 0 spiro atoms. The molecule has 1 amide bonds. The Kier molecular flexibility index (Phi) is 5.28. The summed E-state index contributed by atoms with van der Waals surface area (Å²) >= 11 is 0. The molecule has 6 nitrogen and oxygen atoms in total. The topological polar surface area (TPSA) is 50.5 Å². The van der Waals surface area contributed by atoms with E-state index in [-0.39, 0.29) is 18.1 Å². The quantitative estimate of drug-likeness (QED) is 0.648.